The Morgan fingerprint density at radius 1 is 1.43 bits per heavy atom. The zero-order valence-corrected chi connectivity index (χ0v) is 13.6. The zero-order valence-electron chi connectivity index (χ0n) is 12.9. The highest BCUT2D eigenvalue weighted by atomic mass is 35.5. The Balaban J connectivity index is 2.31. The molecular formula is C15H23ClN2O3. The topological polar surface area (TPSA) is 70.6 Å². The van der Waals surface area contributed by atoms with Crippen LogP contribution in [0.15, 0.2) is 18.2 Å². The lowest BCUT2D eigenvalue weighted by Crippen LogP contribution is -2.42. The molecular weight excluding hydrogens is 292 g/mol. The standard InChI is InChI=1S/C15H23ClN2O3/c1-10(18-14(20)21-15(2,3)4)8-17-9-11-5-6-13(19)12(16)7-11/h5-7,10,17,19H,8-9H2,1-4H3,(H,18,20). The molecule has 0 aromatic heterocycles. The number of carbonyl (C=O) groups is 1. The van der Waals surface area contributed by atoms with Gasteiger partial charge < -0.3 is 20.5 Å². The summed E-state index contributed by atoms with van der Waals surface area (Å²) >= 11 is 5.83. The van der Waals surface area contributed by atoms with Crippen molar-refractivity contribution < 1.29 is 14.6 Å². The highest BCUT2D eigenvalue weighted by molar-refractivity contribution is 6.32. The molecule has 0 aliphatic rings. The van der Waals surface area contributed by atoms with E-state index >= 15 is 0 Å². The van der Waals surface area contributed by atoms with E-state index in [0.717, 1.165) is 5.56 Å². The number of hydrogen-bond acceptors (Lipinski definition) is 4. The first-order valence-electron chi connectivity index (χ1n) is 6.85. The van der Waals surface area contributed by atoms with Gasteiger partial charge in [0.1, 0.15) is 11.4 Å². The summed E-state index contributed by atoms with van der Waals surface area (Å²) in [7, 11) is 0. The van der Waals surface area contributed by atoms with Crippen molar-refractivity contribution in [3.05, 3.63) is 28.8 Å². The number of nitrogens with one attached hydrogen (secondary N) is 2. The van der Waals surface area contributed by atoms with Gasteiger partial charge in [-0.05, 0) is 45.4 Å². The normalized spacial score (nSPS) is 12.8. The molecule has 0 aliphatic carbocycles. The van der Waals surface area contributed by atoms with E-state index in [1.807, 2.05) is 27.7 Å². The number of hydrogen-bond donors (Lipinski definition) is 3. The Morgan fingerprint density at radius 2 is 2.10 bits per heavy atom. The first kappa shape index (κ1) is 17.6. The van der Waals surface area contributed by atoms with Crippen LogP contribution in [0.2, 0.25) is 5.02 Å². The van der Waals surface area contributed by atoms with Crippen LogP contribution in [0.25, 0.3) is 0 Å². The SMILES string of the molecule is CC(CNCc1ccc(O)c(Cl)c1)NC(=O)OC(C)(C)C. The van der Waals surface area contributed by atoms with Gasteiger partial charge in [0.15, 0.2) is 0 Å². The molecule has 1 aromatic carbocycles. The summed E-state index contributed by atoms with van der Waals surface area (Å²) in [5, 5.41) is 15.6. The van der Waals surface area contributed by atoms with Gasteiger partial charge in [0, 0.05) is 19.1 Å². The van der Waals surface area contributed by atoms with Crippen LogP contribution in [0.4, 0.5) is 4.79 Å². The lowest BCUT2D eigenvalue weighted by atomic mass is 10.2. The molecule has 1 atom stereocenters. The monoisotopic (exact) mass is 314 g/mol. The first-order valence-corrected chi connectivity index (χ1v) is 7.23. The fourth-order valence-corrected chi connectivity index (χ4v) is 1.86. The molecule has 118 valence electrons. The van der Waals surface area contributed by atoms with E-state index in [9.17, 15) is 9.90 Å². The van der Waals surface area contributed by atoms with Crippen LogP contribution in [0.3, 0.4) is 0 Å². The van der Waals surface area contributed by atoms with Crippen molar-refractivity contribution in [2.24, 2.45) is 0 Å². The van der Waals surface area contributed by atoms with Crippen molar-refractivity contribution >= 4 is 17.7 Å². The number of alkyl carbamates (subject to hydrolysis) is 1. The minimum absolute atomic E-state index is 0.0626. The number of phenols is 1. The van der Waals surface area contributed by atoms with Gasteiger partial charge in [-0.15, -0.1) is 0 Å². The molecule has 0 spiro atoms. The lowest BCUT2D eigenvalue weighted by molar-refractivity contribution is 0.0508. The van der Waals surface area contributed by atoms with Gasteiger partial charge in [0.25, 0.3) is 0 Å². The lowest BCUT2D eigenvalue weighted by Gasteiger charge is -2.22. The minimum Gasteiger partial charge on any atom is -0.506 e. The predicted molar refractivity (Wildman–Crippen MR) is 83.7 cm³/mol. The van der Waals surface area contributed by atoms with E-state index in [1.165, 1.54) is 0 Å². The molecule has 21 heavy (non-hydrogen) atoms. The number of amides is 1. The molecule has 0 aliphatic heterocycles. The maximum absolute atomic E-state index is 11.6. The van der Waals surface area contributed by atoms with Crippen LogP contribution in [0.1, 0.15) is 33.3 Å². The Kier molecular flexibility index (Phi) is 6.30. The quantitative estimate of drug-likeness (QED) is 0.781. The Hall–Kier alpha value is -1.46. The predicted octanol–water partition coefficient (Wildman–Crippen LogP) is 3.05. The molecule has 5 nitrogen and oxygen atoms in total. The van der Waals surface area contributed by atoms with Gasteiger partial charge in [0.2, 0.25) is 0 Å². The molecule has 6 heteroatoms. The van der Waals surface area contributed by atoms with Crippen molar-refractivity contribution in [1.82, 2.24) is 10.6 Å². The van der Waals surface area contributed by atoms with E-state index < -0.39 is 11.7 Å². The van der Waals surface area contributed by atoms with Crippen LogP contribution >= 0.6 is 11.6 Å². The number of aromatic hydroxyl groups is 1. The highest BCUT2D eigenvalue weighted by Gasteiger charge is 2.17. The van der Waals surface area contributed by atoms with Crippen molar-refractivity contribution in [2.45, 2.75) is 45.9 Å². The molecule has 0 heterocycles. The number of halogens is 1. The number of carbonyl (C=O) groups excluding carboxylic acids is 1. The van der Waals surface area contributed by atoms with Gasteiger partial charge in [-0.25, -0.2) is 4.79 Å². The fraction of sp³-hybridized carbons (Fsp3) is 0.533. The van der Waals surface area contributed by atoms with E-state index in [2.05, 4.69) is 10.6 Å². The van der Waals surface area contributed by atoms with Gasteiger partial charge in [-0.1, -0.05) is 17.7 Å². The largest absolute Gasteiger partial charge is 0.506 e. The molecule has 3 N–H and O–H groups in total. The van der Waals surface area contributed by atoms with Gasteiger partial charge in [-0.2, -0.15) is 0 Å². The van der Waals surface area contributed by atoms with Crippen LogP contribution in [0.5, 0.6) is 5.75 Å². The summed E-state index contributed by atoms with van der Waals surface area (Å²) in [6.07, 6.45) is -0.426. The second-order valence-corrected chi connectivity index (χ2v) is 6.37. The first-order chi connectivity index (χ1) is 9.67. The molecule has 0 saturated heterocycles. The van der Waals surface area contributed by atoms with Gasteiger partial charge >= 0.3 is 6.09 Å². The summed E-state index contributed by atoms with van der Waals surface area (Å²) in [4.78, 5) is 11.6. The average molecular weight is 315 g/mol. The molecule has 0 bridgehead atoms. The van der Waals surface area contributed by atoms with Crippen molar-refractivity contribution in [1.29, 1.82) is 0 Å². The van der Waals surface area contributed by atoms with E-state index in [1.54, 1.807) is 18.2 Å². The second kappa shape index (κ2) is 7.52. The molecule has 1 rings (SSSR count). The van der Waals surface area contributed by atoms with Gasteiger partial charge in [0.05, 0.1) is 5.02 Å². The smallest absolute Gasteiger partial charge is 0.407 e. The molecule has 0 saturated carbocycles. The third-order valence-electron chi connectivity index (χ3n) is 2.55. The minimum atomic E-state index is -0.500. The third-order valence-corrected chi connectivity index (χ3v) is 2.86. The summed E-state index contributed by atoms with van der Waals surface area (Å²) in [6.45, 7) is 8.55. The van der Waals surface area contributed by atoms with E-state index in [-0.39, 0.29) is 11.8 Å². The van der Waals surface area contributed by atoms with Crippen LogP contribution < -0.4 is 10.6 Å². The average Bonchev–Trinajstić information content (AvgIpc) is 2.31. The molecule has 0 fully saturated rings. The van der Waals surface area contributed by atoms with Crippen molar-refractivity contribution in [2.75, 3.05) is 6.54 Å². The Morgan fingerprint density at radius 3 is 2.67 bits per heavy atom. The van der Waals surface area contributed by atoms with E-state index in [4.69, 9.17) is 16.3 Å². The Labute approximate surface area is 130 Å². The summed E-state index contributed by atoms with van der Waals surface area (Å²) in [5.74, 6) is 0.0698. The molecule has 1 amide bonds. The summed E-state index contributed by atoms with van der Waals surface area (Å²) in [5.41, 5.74) is 0.460. The fourth-order valence-electron chi connectivity index (χ4n) is 1.65. The van der Waals surface area contributed by atoms with Crippen LogP contribution in [-0.4, -0.2) is 29.4 Å². The number of phenolic OH excluding ortho intramolecular Hbond substituents is 1. The summed E-state index contributed by atoms with van der Waals surface area (Å²) in [6, 6.07) is 4.99. The van der Waals surface area contributed by atoms with Gasteiger partial charge in [-0.3, -0.25) is 0 Å². The number of rotatable bonds is 5. The number of benzene rings is 1. The maximum Gasteiger partial charge on any atom is 0.407 e. The van der Waals surface area contributed by atoms with E-state index in [0.29, 0.717) is 18.1 Å². The zero-order chi connectivity index (χ0) is 16.0. The highest BCUT2D eigenvalue weighted by Crippen LogP contribution is 2.23. The Bertz CT molecular complexity index is 486. The maximum atomic E-state index is 11.6. The van der Waals surface area contributed by atoms with Crippen molar-refractivity contribution in [3.8, 4) is 5.75 Å². The number of ether oxygens (including phenoxy) is 1. The second-order valence-electron chi connectivity index (χ2n) is 5.96. The third kappa shape index (κ3) is 7.20. The van der Waals surface area contributed by atoms with Crippen molar-refractivity contribution in [3.63, 3.8) is 0 Å². The van der Waals surface area contributed by atoms with Crippen LogP contribution in [0, 0.1) is 0 Å². The van der Waals surface area contributed by atoms with Crippen LogP contribution in [-0.2, 0) is 11.3 Å². The summed E-state index contributed by atoms with van der Waals surface area (Å²) < 4.78 is 5.18. The molecule has 1 aromatic rings. The molecule has 0 radical (unpaired) electrons. The molecule has 1 unspecified atom stereocenters.